The predicted octanol–water partition coefficient (Wildman–Crippen LogP) is 4.35. The molecule has 1 atom stereocenters. The van der Waals surface area contributed by atoms with Crippen LogP contribution in [0, 0.1) is 5.92 Å². The van der Waals surface area contributed by atoms with Crippen molar-refractivity contribution in [3.05, 3.63) is 65.5 Å². The first-order chi connectivity index (χ1) is 15.8. The zero-order chi connectivity index (χ0) is 24.0. The van der Waals surface area contributed by atoms with Crippen LogP contribution < -0.4 is 4.74 Å². The fraction of sp³-hybridized carbons (Fsp3) is 0.423. The van der Waals surface area contributed by atoms with Crippen LogP contribution in [0.2, 0.25) is 0 Å². The molecule has 1 N–H and O–H groups in total. The Hall–Kier alpha value is -3.19. The van der Waals surface area contributed by atoms with Crippen molar-refractivity contribution in [3.63, 3.8) is 0 Å². The van der Waals surface area contributed by atoms with Crippen LogP contribution in [-0.4, -0.2) is 52.5 Å². The van der Waals surface area contributed by atoms with Crippen molar-refractivity contribution in [3.8, 4) is 5.75 Å². The lowest BCUT2D eigenvalue weighted by molar-refractivity contribution is -0.140. The Labute approximate surface area is 195 Å². The highest BCUT2D eigenvalue weighted by atomic mass is 16.5. The molecule has 1 aromatic heterocycles. The van der Waals surface area contributed by atoms with E-state index in [2.05, 4.69) is 18.8 Å². The first-order valence-electron chi connectivity index (χ1n) is 11.3. The maximum atomic E-state index is 13.0. The molecule has 0 bridgehead atoms. The third-order valence-electron chi connectivity index (χ3n) is 5.25. The number of ketones is 1. The Balaban J connectivity index is 1.93. The van der Waals surface area contributed by atoms with Crippen LogP contribution in [-0.2, 0) is 14.3 Å². The van der Waals surface area contributed by atoms with Crippen LogP contribution in [0.4, 0.5) is 0 Å². The Morgan fingerprint density at radius 1 is 1.12 bits per heavy atom. The molecule has 2 aromatic rings. The lowest BCUT2D eigenvalue weighted by atomic mass is 9.96. The molecule has 33 heavy (non-hydrogen) atoms. The molecule has 0 spiro atoms. The lowest BCUT2D eigenvalue weighted by Gasteiger charge is -2.25. The quantitative estimate of drug-likeness (QED) is 0.249. The van der Waals surface area contributed by atoms with Gasteiger partial charge in [0.1, 0.15) is 11.5 Å². The number of carbonyl (C=O) groups is 2. The summed E-state index contributed by atoms with van der Waals surface area (Å²) in [5, 5.41) is 11.1. The summed E-state index contributed by atoms with van der Waals surface area (Å²) >= 11 is 0. The van der Waals surface area contributed by atoms with Crippen molar-refractivity contribution in [2.45, 2.75) is 46.3 Å². The lowest BCUT2D eigenvalue weighted by Crippen LogP contribution is -2.31. The molecule has 1 aromatic carbocycles. The third-order valence-corrected chi connectivity index (χ3v) is 5.25. The van der Waals surface area contributed by atoms with Gasteiger partial charge in [0.2, 0.25) is 0 Å². The predicted molar refractivity (Wildman–Crippen MR) is 126 cm³/mol. The van der Waals surface area contributed by atoms with Crippen LogP contribution in [0.25, 0.3) is 5.76 Å². The zero-order valence-electron chi connectivity index (χ0n) is 19.7. The van der Waals surface area contributed by atoms with E-state index in [1.165, 1.54) is 4.90 Å². The number of aromatic nitrogens is 1. The topological polar surface area (TPSA) is 89.0 Å². The van der Waals surface area contributed by atoms with E-state index < -0.39 is 17.7 Å². The SMILES string of the molecule is CC(C)COc1ccc(/C(O)=C2/C(=O)C(=O)N(CCCOC(C)C)C2c2cccnc2)cc1. The van der Waals surface area contributed by atoms with E-state index in [1.807, 2.05) is 13.8 Å². The van der Waals surface area contributed by atoms with Crippen molar-refractivity contribution in [1.29, 1.82) is 0 Å². The summed E-state index contributed by atoms with van der Waals surface area (Å²) < 4.78 is 11.3. The van der Waals surface area contributed by atoms with E-state index >= 15 is 0 Å². The number of likely N-dealkylation sites (tertiary alicyclic amines) is 1. The third kappa shape index (κ3) is 5.99. The molecule has 0 saturated carbocycles. The molecule has 7 nitrogen and oxygen atoms in total. The van der Waals surface area contributed by atoms with Crippen LogP contribution in [0.3, 0.4) is 0 Å². The number of nitrogens with zero attached hydrogens (tertiary/aromatic N) is 2. The Kier molecular flexibility index (Phi) is 8.22. The minimum atomic E-state index is -0.713. The summed E-state index contributed by atoms with van der Waals surface area (Å²) in [6.07, 6.45) is 3.90. The second-order valence-corrected chi connectivity index (χ2v) is 8.78. The van der Waals surface area contributed by atoms with E-state index in [1.54, 1.807) is 48.8 Å². The first kappa shape index (κ1) is 24.5. The van der Waals surface area contributed by atoms with E-state index in [4.69, 9.17) is 9.47 Å². The van der Waals surface area contributed by atoms with Gasteiger partial charge in [0.05, 0.1) is 24.3 Å². The van der Waals surface area contributed by atoms with Crippen LogP contribution >= 0.6 is 0 Å². The molecule has 1 aliphatic heterocycles. The number of Topliss-reactive ketones (excluding diaryl/α,β-unsaturated/α-hetero) is 1. The summed E-state index contributed by atoms with van der Waals surface area (Å²) in [5.41, 5.74) is 1.18. The maximum absolute atomic E-state index is 13.0. The first-order valence-corrected chi connectivity index (χ1v) is 11.3. The summed E-state index contributed by atoms with van der Waals surface area (Å²) in [5.74, 6) is -0.481. The summed E-state index contributed by atoms with van der Waals surface area (Å²) in [7, 11) is 0. The fourth-order valence-electron chi connectivity index (χ4n) is 3.68. The minimum absolute atomic E-state index is 0.0635. The summed E-state index contributed by atoms with van der Waals surface area (Å²) in [6.45, 7) is 9.40. The fourth-order valence-corrected chi connectivity index (χ4v) is 3.68. The van der Waals surface area contributed by atoms with Crippen molar-refractivity contribution >= 4 is 17.4 Å². The highest BCUT2D eigenvalue weighted by Crippen LogP contribution is 2.39. The van der Waals surface area contributed by atoms with Gasteiger partial charge >= 0.3 is 0 Å². The van der Waals surface area contributed by atoms with Crippen molar-refractivity contribution in [2.24, 2.45) is 5.92 Å². The number of benzene rings is 1. The molecule has 0 aliphatic carbocycles. The average molecular weight is 453 g/mol. The van der Waals surface area contributed by atoms with Crippen molar-refractivity contribution in [1.82, 2.24) is 9.88 Å². The molecular formula is C26H32N2O5. The van der Waals surface area contributed by atoms with Gasteiger partial charge in [-0.2, -0.15) is 0 Å². The number of aliphatic hydroxyl groups excluding tert-OH is 1. The number of carbonyl (C=O) groups excluding carboxylic acids is 2. The smallest absolute Gasteiger partial charge is 0.295 e. The van der Waals surface area contributed by atoms with Crippen LogP contribution in [0.5, 0.6) is 5.75 Å². The second-order valence-electron chi connectivity index (χ2n) is 8.78. The van der Waals surface area contributed by atoms with Gasteiger partial charge in [-0.15, -0.1) is 0 Å². The standard InChI is InChI=1S/C26H32N2O5/c1-17(2)16-33-21-10-8-19(9-11-21)24(29)22-23(20-7-5-12-27-15-20)28(26(31)25(22)30)13-6-14-32-18(3)4/h5,7-12,15,17-18,23,29H,6,13-14,16H2,1-4H3/b24-22-. The Morgan fingerprint density at radius 3 is 2.45 bits per heavy atom. The number of ether oxygens (including phenoxy) is 2. The number of pyridine rings is 1. The van der Waals surface area contributed by atoms with Gasteiger partial charge in [0.15, 0.2) is 0 Å². The molecule has 1 saturated heterocycles. The number of hydrogen-bond donors (Lipinski definition) is 1. The molecule has 1 fully saturated rings. The van der Waals surface area contributed by atoms with Gasteiger partial charge in [-0.05, 0) is 62.1 Å². The van der Waals surface area contributed by atoms with E-state index in [9.17, 15) is 14.7 Å². The highest BCUT2D eigenvalue weighted by Gasteiger charge is 2.45. The van der Waals surface area contributed by atoms with Gasteiger partial charge < -0.3 is 19.5 Å². The highest BCUT2D eigenvalue weighted by molar-refractivity contribution is 6.46. The van der Waals surface area contributed by atoms with E-state index in [-0.39, 0.29) is 17.4 Å². The average Bonchev–Trinajstić information content (AvgIpc) is 3.05. The van der Waals surface area contributed by atoms with Gasteiger partial charge in [-0.1, -0.05) is 19.9 Å². The monoisotopic (exact) mass is 452 g/mol. The van der Waals surface area contributed by atoms with Gasteiger partial charge in [0, 0.05) is 31.1 Å². The normalized spacial score (nSPS) is 17.9. The van der Waals surface area contributed by atoms with Gasteiger partial charge in [-0.25, -0.2) is 0 Å². The van der Waals surface area contributed by atoms with Crippen molar-refractivity contribution in [2.75, 3.05) is 19.8 Å². The zero-order valence-corrected chi connectivity index (χ0v) is 19.7. The molecule has 1 unspecified atom stereocenters. The Bertz CT molecular complexity index is 984. The van der Waals surface area contributed by atoms with Gasteiger partial charge in [0.25, 0.3) is 11.7 Å². The van der Waals surface area contributed by atoms with E-state index in [0.29, 0.717) is 49.0 Å². The second kappa shape index (κ2) is 11.1. The molecule has 7 heteroatoms. The van der Waals surface area contributed by atoms with Gasteiger partial charge in [-0.3, -0.25) is 14.6 Å². The van der Waals surface area contributed by atoms with Crippen LogP contribution in [0.1, 0.15) is 51.3 Å². The number of hydrogen-bond acceptors (Lipinski definition) is 6. The number of rotatable bonds is 10. The molecule has 0 radical (unpaired) electrons. The molecule has 3 rings (SSSR count). The molecule has 176 valence electrons. The van der Waals surface area contributed by atoms with Crippen LogP contribution in [0.15, 0.2) is 54.4 Å². The van der Waals surface area contributed by atoms with Crippen molar-refractivity contribution < 1.29 is 24.2 Å². The molecular weight excluding hydrogens is 420 g/mol. The maximum Gasteiger partial charge on any atom is 0.295 e. The number of amides is 1. The number of aliphatic hydroxyl groups is 1. The summed E-state index contributed by atoms with van der Waals surface area (Å²) in [6, 6.07) is 9.71. The molecule has 1 aliphatic rings. The molecule has 1 amide bonds. The summed E-state index contributed by atoms with van der Waals surface area (Å²) in [4.78, 5) is 31.6. The Morgan fingerprint density at radius 2 is 1.85 bits per heavy atom. The molecule has 2 heterocycles. The largest absolute Gasteiger partial charge is 0.507 e. The minimum Gasteiger partial charge on any atom is -0.507 e. The van der Waals surface area contributed by atoms with E-state index in [0.717, 1.165) is 0 Å².